The van der Waals surface area contributed by atoms with Crippen LogP contribution in [-0.4, -0.2) is 18.4 Å². The summed E-state index contributed by atoms with van der Waals surface area (Å²) in [7, 11) is 0. The molecule has 2 N–H and O–H groups in total. The molecule has 1 fully saturated rings. The Bertz CT molecular complexity index is 1370. The molecule has 2 aliphatic rings. The highest BCUT2D eigenvalue weighted by atomic mass is 35.5. The zero-order valence-corrected chi connectivity index (χ0v) is 20.0. The molecule has 1 spiro atoms. The third kappa shape index (κ3) is 3.65. The Morgan fingerprint density at radius 2 is 1.83 bits per heavy atom. The third-order valence-electron chi connectivity index (χ3n) is 6.68. The SMILES string of the molecule is CCOc1ccc(F)c(F)c1[C@@H]1NC(=O)C[C@@H](c2cccc(Cl)c2)[C@]12C(=O)Nc1cc(Cl)ccc12. The number of amides is 2. The van der Waals surface area contributed by atoms with Gasteiger partial charge in [0.1, 0.15) is 11.2 Å². The number of fused-ring (bicyclic) bond motifs is 2. The van der Waals surface area contributed by atoms with Crippen LogP contribution in [0.4, 0.5) is 14.5 Å². The van der Waals surface area contributed by atoms with Crippen LogP contribution in [0.15, 0.2) is 54.6 Å². The third-order valence-corrected chi connectivity index (χ3v) is 7.15. The molecule has 5 rings (SSSR count). The lowest BCUT2D eigenvalue weighted by molar-refractivity contribution is -0.131. The smallest absolute Gasteiger partial charge is 0.238 e. The molecule has 35 heavy (non-hydrogen) atoms. The lowest BCUT2D eigenvalue weighted by Gasteiger charge is -2.46. The number of hydrogen-bond donors (Lipinski definition) is 2. The van der Waals surface area contributed by atoms with Crippen molar-refractivity contribution in [3.05, 3.63) is 93.0 Å². The summed E-state index contributed by atoms with van der Waals surface area (Å²) in [5.41, 5.74) is -0.215. The van der Waals surface area contributed by atoms with Gasteiger partial charge in [0.25, 0.3) is 0 Å². The molecule has 1 saturated heterocycles. The molecule has 5 nitrogen and oxygen atoms in total. The molecule has 2 amide bonds. The zero-order valence-electron chi connectivity index (χ0n) is 18.5. The number of rotatable bonds is 4. The quantitative estimate of drug-likeness (QED) is 0.453. The second-order valence-electron chi connectivity index (χ2n) is 8.53. The van der Waals surface area contributed by atoms with Gasteiger partial charge in [0.2, 0.25) is 11.8 Å². The first kappa shape index (κ1) is 23.6. The van der Waals surface area contributed by atoms with Crippen molar-refractivity contribution in [2.75, 3.05) is 11.9 Å². The molecule has 0 bridgehead atoms. The Balaban J connectivity index is 1.85. The largest absolute Gasteiger partial charge is 0.493 e. The van der Waals surface area contributed by atoms with E-state index in [4.69, 9.17) is 27.9 Å². The van der Waals surface area contributed by atoms with E-state index in [9.17, 15) is 14.0 Å². The Labute approximate surface area is 210 Å². The number of piperidine rings is 1. The molecular formula is C26H20Cl2F2N2O3. The van der Waals surface area contributed by atoms with Crippen LogP contribution in [0.5, 0.6) is 5.75 Å². The molecule has 9 heteroatoms. The molecule has 2 aliphatic heterocycles. The van der Waals surface area contributed by atoms with Crippen LogP contribution in [0.3, 0.4) is 0 Å². The van der Waals surface area contributed by atoms with Crippen molar-refractivity contribution in [3.63, 3.8) is 0 Å². The molecule has 0 saturated carbocycles. The van der Waals surface area contributed by atoms with Crippen molar-refractivity contribution in [1.29, 1.82) is 0 Å². The first-order chi connectivity index (χ1) is 16.8. The predicted molar refractivity (Wildman–Crippen MR) is 129 cm³/mol. The van der Waals surface area contributed by atoms with E-state index in [2.05, 4.69) is 10.6 Å². The Hall–Kier alpha value is -3.16. The Morgan fingerprint density at radius 1 is 1.06 bits per heavy atom. The van der Waals surface area contributed by atoms with Gasteiger partial charge < -0.3 is 15.4 Å². The topological polar surface area (TPSA) is 67.4 Å². The highest BCUT2D eigenvalue weighted by Gasteiger charge is 2.62. The van der Waals surface area contributed by atoms with Crippen LogP contribution < -0.4 is 15.4 Å². The molecule has 0 aromatic heterocycles. The van der Waals surface area contributed by atoms with Gasteiger partial charge >= 0.3 is 0 Å². The molecule has 0 aliphatic carbocycles. The van der Waals surface area contributed by atoms with E-state index < -0.39 is 40.8 Å². The second-order valence-corrected chi connectivity index (χ2v) is 9.40. The van der Waals surface area contributed by atoms with Crippen molar-refractivity contribution >= 4 is 40.7 Å². The minimum absolute atomic E-state index is 0.0398. The van der Waals surface area contributed by atoms with Crippen molar-refractivity contribution in [2.45, 2.75) is 30.7 Å². The van der Waals surface area contributed by atoms with E-state index in [-0.39, 0.29) is 24.3 Å². The van der Waals surface area contributed by atoms with Crippen LogP contribution in [0.25, 0.3) is 0 Å². The highest BCUT2D eigenvalue weighted by Crippen LogP contribution is 2.58. The lowest BCUT2D eigenvalue weighted by atomic mass is 9.59. The van der Waals surface area contributed by atoms with Crippen molar-refractivity contribution < 1.29 is 23.1 Å². The number of carbonyl (C=O) groups excluding carboxylic acids is 2. The first-order valence-corrected chi connectivity index (χ1v) is 11.8. The van der Waals surface area contributed by atoms with Crippen LogP contribution in [-0.2, 0) is 15.0 Å². The summed E-state index contributed by atoms with van der Waals surface area (Å²) in [4.78, 5) is 27.0. The van der Waals surface area contributed by atoms with Crippen LogP contribution in [0.2, 0.25) is 10.0 Å². The summed E-state index contributed by atoms with van der Waals surface area (Å²) in [5.74, 6) is -3.92. The minimum Gasteiger partial charge on any atom is -0.493 e. The normalized spacial score (nSPS) is 23.1. The van der Waals surface area contributed by atoms with E-state index in [1.165, 1.54) is 6.07 Å². The summed E-state index contributed by atoms with van der Waals surface area (Å²) in [5, 5.41) is 6.44. The molecule has 0 radical (unpaired) electrons. The molecular weight excluding hydrogens is 497 g/mol. The fourth-order valence-electron chi connectivity index (χ4n) is 5.35. The number of halogens is 4. The Kier molecular flexibility index (Phi) is 5.93. The lowest BCUT2D eigenvalue weighted by Crippen LogP contribution is -2.57. The van der Waals surface area contributed by atoms with E-state index in [1.807, 2.05) is 0 Å². The van der Waals surface area contributed by atoms with Crippen molar-refractivity contribution in [2.24, 2.45) is 0 Å². The van der Waals surface area contributed by atoms with E-state index >= 15 is 4.39 Å². The average molecular weight is 517 g/mol. The summed E-state index contributed by atoms with van der Waals surface area (Å²) in [6.45, 7) is 1.87. The molecule has 180 valence electrons. The number of nitrogens with one attached hydrogen (secondary N) is 2. The van der Waals surface area contributed by atoms with Gasteiger partial charge in [0.15, 0.2) is 11.6 Å². The van der Waals surface area contributed by atoms with Gasteiger partial charge in [-0.15, -0.1) is 0 Å². The number of anilines is 1. The molecule has 3 atom stereocenters. The monoisotopic (exact) mass is 516 g/mol. The summed E-state index contributed by atoms with van der Waals surface area (Å²) >= 11 is 12.5. The standard InChI is InChI=1S/C26H20Cl2F2N2O3/c1-2-35-20-9-8-18(29)23(30)22(20)24-26(16-7-6-15(28)11-19(16)31-25(26)34)17(12-21(33)32-24)13-4-3-5-14(27)10-13/h3-11,17,24H,2,12H2,1H3,(H,31,34)(H,32,33)/t17-,24-,26-/m0/s1. The van der Waals surface area contributed by atoms with Crippen molar-refractivity contribution in [3.8, 4) is 5.75 Å². The van der Waals surface area contributed by atoms with Crippen LogP contribution >= 0.6 is 23.2 Å². The van der Waals surface area contributed by atoms with Gasteiger partial charge in [-0.2, -0.15) is 0 Å². The molecule has 2 heterocycles. The summed E-state index contributed by atoms with van der Waals surface area (Å²) < 4.78 is 35.7. The van der Waals surface area contributed by atoms with Gasteiger partial charge in [-0.3, -0.25) is 9.59 Å². The fraction of sp³-hybridized carbons (Fsp3) is 0.231. The number of hydrogen-bond acceptors (Lipinski definition) is 3. The van der Waals surface area contributed by atoms with Crippen LogP contribution in [0.1, 0.15) is 42.0 Å². The summed E-state index contributed by atoms with van der Waals surface area (Å²) in [6.07, 6.45) is -0.0762. The second kappa shape index (κ2) is 8.81. The first-order valence-electron chi connectivity index (χ1n) is 11.0. The number of ether oxygens (including phenoxy) is 1. The van der Waals surface area contributed by atoms with Crippen molar-refractivity contribution in [1.82, 2.24) is 5.32 Å². The van der Waals surface area contributed by atoms with Gasteiger partial charge in [-0.05, 0) is 54.4 Å². The predicted octanol–water partition coefficient (Wildman–Crippen LogP) is 5.91. The number of carbonyl (C=O) groups is 2. The molecule has 3 aromatic rings. The Morgan fingerprint density at radius 3 is 2.57 bits per heavy atom. The average Bonchev–Trinajstić information content (AvgIpc) is 3.09. The maximum atomic E-state index is 15.5. The maximum Gasteiger partial charge on any atom is 0.238 e. The van der Waals surface area contributed by atoms with E-state index in [0.29, 0.717) is 26.9 Å². The maximum absolute atomic E-state index is 15.5. The fourth-order valence-corrected chi connectivity index (χ4v) is 5.72. The van der Waals surface area contributed by atoms with Gasteiger partial charge in [-0.1, -0.05) is 41.4 Å². The highest BCUT2D eigenvalue weighted by molar-refractivity contribution is 6.31. The molecule has 0 unspecified atom stereocenters. The van der Waals surface area contributed by atoms with Gasteiger partial charge in [-0.25, -0.2) is 8.78 Å². The van der Waals surface area contributed by atoms with Crippen LogP contribution in [0, 0.1) is 11.6 Å². The van der Waals surface area contributed by atoms with Gasteiger partial charge in [0.05, 0.1) is 18.2 Å². The summed E-state index contributed by atoms with van der Waals surface area (Å²) in [6, 6.07) is 12.7. The minimum atomic E-state index is -1.54. The zero-order chi connectivity index (χ0) is 24.9. The molecule has 3 aromatic carbocycles. The van der Waals surface area contributed by atoms with Gasteiger partial charge in [0, 0.05) is 28.1 Å². The van der Waals surface area contributed by atoms with E-state index in [1.54, 1.807) is 49.4 Å². The number of benzene rings is 3. The van der Waals surface area contributed by atoms with E-state index in [0.717, 1.165) is 6.07 Å².